The van der Waals surface area contributed by atoms with E-state index in [1.165, 1.54) is 6.20 Å². The summed E-state index contributed by atoms with van der Waals surface area (Å²) in [7, 11) is 0. The Morgan fingerprint density at radius 3 is 2.90 bits per heavy atom. The first-order valence-electron chi connectivity index (χ1n) is 6.40. The van der Waals surface area contributed by atoms with E-state index in [2.05, 4.69) is 9.97 Å². The van der Waals surface area contributed by atoms with Crippen LogP contribution in [0.2, 0.25) is 0 Å². The highest BCUT2D eigenvalue weighted by molar-refractivity contribution is 6.06. The van der Waals surface area contributed by atoms with Crippen LogP contribution >= 0.6 is 0 Å². The van der Waals surface area contributed by atoms with Crippen LogP contribution in [0.4, 0.5) is 0 Å². The van der Waals surface area contributed by atoms with Gasteiger partial charge in [-0.05, 0) is 25.1 Å². The molecule has 0 spiro atoms. The molecule has 0 radical (unpaired) electrons. The predicted octanol–water partition coefficient (Wildman–Crippen LogP) is 2.06. The first-order valence-corrected chi connectivity index (χ1v) is 6.40. The van der Waals surface area contributed by atoms with Gasteiger partial charge in [0.25, 0.3) is 0 Å². The fraction of sp³-hybridized carbons (Fsp3) is 0.133. The van der Waals surface area contributed by atoms with E-state index in [0.29, 0.717) is 22.1 Å². The minimum atomic E-state index is -0.656. The maximum Gasteiger partial charge on any atom is 0.343 e. The van der Waals surface area contributed by atoms with E-state index >= 15 is 0 Å². The second-order valence-corrected chi connectivity index (χ2v) is 4.50. The first-order chi connectivity index (χ1) is 10.2. The summed E-state index contributed by atoms with van der Waals surface area (Å²) in [6.45, 7) is 1.88. The van der Waals surface area contributed by atoms with Crippen molar-refractivity contribution in [1.82, 2.24) is 9.97 Å². The smallest absolute Gasteiger partial charge is 0.343 e. The average Bonchev–Trinajstić information content (AvgIpc) is 2.86. The second-order valence-electron chi connectivity index (χ2n) is 4.50. The molecule has 0 amide bonds. The SMILES string of the molecule is CCOC(=O)c1c[nH]c2c([nH]c3cc(C#N)ccc32)c1=O. The maximum atomic E-state index is 12.4. The van der Waals surface area contributed by atoms with Crippen LogP contribution < -0.4 is 5.43 Å². The molecule has 21 heavy (non-hydrogen) atoms. The van der Waals surface area contributed by atoms with E-state index in [1.54, 1.807) is 25.1 Å². The van der Waals surface area contributed by atoms with Gasteiger partial charge in [-0.3, -0.25) is 4.79 Å². The summed E-state index contributed by atoms with van der Waals surface area (Å²) in [5, 5.41) is 9.70. The monoisotopic (exact) mass is 281 g/mol. The largest absolute Gasteiger partial charge is 0.462 e. The number of hydrogen-bond donors (Lipinski definition) is 2. The molecule has 104 valence electrons. The molecule has 3 rings (SSSR count). The minimum Gasteiger partial charge on any atom is -0.462 e. The molecular weight excluding hydrogens is 270 g/mol. The van der Waals surface area contributed by atoms with E-state index < -0.39 is 11.4 Å². The fourth-order valence-electron chi connectivity index (χ4n) is 2.29. The molecule has 0 atom stereocenters. The summed E-state index contributed by atoms with van der Waals surface area (Å²) < 4.78 is 4.85. The molecule has 0 unspecified atom stereocenters. The average molecular weight is 281 g/mol. The van der Waals surface area contributed by atoms with Gasteiger partial charge in [0.15, 0.2) is 0 Å². The number of aromatic nitrogens is 2. The van der Waals surface area contributed by atoms with Gasteiger partial charge in [0.05, 0.1) is 23.8 Å². The van der Waals surface area contributed by atoms with Crippen molar-refractivity contribution in [2.24, 2.45) is 0 Å². The molecule has 0 saturated heterocycles. The number of carbonyl (C=O) groups is 1. The lowest BCUT2D eigenvalue weighted by Crippen LogP contribution is -2.18. The third-order valence-corrected chi connectivity index (χ3v) is 3.26. The molecule has 0 bridgehead atoms. The van der Waals surface area contributed by atoms with Gasteiger partial charge in [-0.2, -0.15) is 5.26 Å². The topological polar surface area (TPSA) is 98.7 Å². The summed E-state index contributed by atoms with van der Waals surface area (Å²) >= 11 is 0. The molecule has 0 aliphatic heterocycles. The Kier molecular flexibility index (Phi) is 2.95. The number of rotatable bonds is 2. The Morgan fingerprint density at radius 2 is 2.19 bits per heavy atom. The Labute approximate surface area is 119 Å². The maximum absolute atomic E-state index is 12.4. The lowest BCUT2D eigenvalue weighted by atomic mass is 10.1. The molecule has 2 heterocycles. The zero-order valence-corrected chi connectivity index (χ0v) is 11.2. The Hall–Kier alpha value is -3.07. The van der Waals surface area contributed by atoms with E-state index in [1.807, 2.05) is 6.07 Å². The van der Waals surface area contributed by atoms with E-state index in [4.69, 9.17) is 10.00 Å². The van der Waals surface area contributed by atoms with Crippen molar-refractivity contribution in [3.8, 4) is 6.07 Å². The number of esters is 1. The zero-order valence-electron chi connectivity index (χ0n) is 11.2. The summed E-state index contributed by atoms with van der Waals surface area (Å²) in [5.74, 6) is -0.656. The third kappa shape index (κ3) is 1.96. The van der Waals surface area contributed by atoms with Crippen LogP contribution in [0.5, 0.6) is 0 Å². The molecule has 3 aromatic rings. The summed E-state index contributed by atoms with van der Waals surface area (Å²) in [4.78, 5) is 30.0. The minimum absolute atomic E-state index is 0.0450. The van der Waals surface area contributed by atoms with Crippen molar-refractivity contribution in [2.45, 2.75) is 6.92 Å². The van der Waals surface area contributed by atoms with E-state index in [0.717, 1.165) is 5.39 Å². The van der Waals surface area contributed by atoms with Crippen LogP contribution in [0.1, 0.15) is 22.8 Å². The number of nitrogens with zero attached hydrogens (tertiary/aromatic N) is 1. The van der Waals surface area contributed by atoms with Gasteiger partial charge in [-0.25, -0.2) is 4.79 Å². The van der Waals surface area contributed by atoms with Crippen LogP contribution in [0.15, 0.2) is 29.2 Å². The van der Waals surface area contributed by atoms with Crippen LogP contribution in [0, 0.1) is 11.3 Å². The normalized spacial score (nSPS) is 10.7. The number of aromatic amines is 2. The summed E-state index contributed by atoms with van der Waals surface area (Å²) in [6.07, 6.45) is 1.36. The van der Waals surface area contributed by atoms with Crippen molar-refractivity contribution in [3.63, 3.8) is 0 Å². The number of hydrogen-bond acceptors (Lipinski definition) is 4. The number of fused-ring (bicyclic) bond motifs is 3. The van der Waals surface area contributed by atoms with Crippen molar-refractivity contribution in [3.05, 3.63) is 45.7 Å². The van der Waals surface area contributed by atoms with Gasteiger partial charge >= 0.3 is 5.97 Å². The van der Waals surface area contributed by atoms with Gasteiger partial charge in [0, 0.05) is 17.1 Å². The van der Waals surface area contributed by atoms with Gasteiger partial charge in [-0.1, -0.05) is 0 Å². The highest BCUT2D eigenvalue weighted by Crippen LogP contribution is 2.22. The lowest BCUT2D eigenvalue weighted by molar-refractivity contribution is 0.0524. The van der Waals surface area contributed by atoms with Crippen LogP contribution in [0.25, 0.3) is 21.9 Å². The van der Waals surface area contributed by atoms with E-state index in [-0.39, 0.29) is 12.2 Å². The Morgan fingerprint density at radius 1 is 1.38 bits per heavy atom. The quantitative estimate of drug-likeness (QED) is 0.702. The number of pyridine rings is 1. The molecule has 0 aliphatic carbocycles. The van der Waals surface area contributed by atoms with Crippen molar-refractivity contribution in [2.75, 3.05) is 6.61 Å². The van der Waals surface area contributed by atoms with Crippen molar-refractivity contribution < 1.29 is 9.53 Å². The Balaban J connectivity index is 2.29. The molecule has 2 aromatic heterocycles. The molecule has 0 saturated carbocycles. The molecule has 6 heteroatoms. The Bertz CT molecular complexity index is 960. The van der Waals surface area contributed by atoms with Crippen molar-refractivity contribution >= 4 is 27.9 Å². The highest BCUT2D eigenvalue weighted by Gasteiger charge is 2.16. The predicted molar refractivity (Wildman–Crippen MR) is 77.1 cm³/mol. The summed E-state index contributed by atoms with van der Waals surface area (Å²) in [6, 6.07) is 7.13. The molecular formula is C15H11N3O3. The zero-order chi connectivity index (χ0) is 15.0. The number of benzene rings is 1. The molecule has 0 aliphatic rings. The first kappa shape index (κ1) is 12.9. The molecule has 6 nitrogen and oxygen atoms in total. The van der Waals surface area contributed by atoms with Gasteiger partial charge in [-0.15, -0.1) is 0 Å². The fourth-order valence-corrected chi connectivity index (χ4v) is 2.29. The second kappa shape index (κ2) is 4.80. The molecule has 0 fully saturated rings. The van der Waals surface area contributed by atoms with Gasteiger partial charge in [0.1, 0.15) is 11.1 Å². The summed E-state index contributed by atoms with van der Waals surface area (Å²) in [5.41, 5.74) is 1.59. The van der Waals surface area contributed by atoms with Crippen LogP contribution in [0.3, 0.4) is 0 Å². The number of H-pyrrole nitrogens is 2. The molecule has 1 aromatic carbocycles. The number of nitrogens with one attached hydrogen (secondary N) is 2. The lowest BCUT2D eigenvalue weighted by Gasteiger charge is -2.00. The van der Waals surface area contributed by atoms with Crippen molar-refractivity contribution in [1.29, 1.82) is 5.26 Å². The highest BCUT2D eigenvalue weighted by atomic mass is 16.5. The number of carbonyl (C=O) groups excluding carboxylic acids is 1. The van der Waals surface area contributed by atoms with Crippen LogP contribution in [-0.4, -0.2) is 22.5 Å². The number of ether oxygens (including phenoxy) is 1. The third-order valence-electron chi connectivity index (χ3n) is 3.26. The molecule has 2 N–H and O–H groups in total. The number of nitriles is 1. The van der Waals surface area contributed by atoms with E-state index in [9.17, 15) is 9.59 Å². The van der Waals surface area contributed by atoms with Gasteiger partial charge < -0.3 is 14.7 Å². The standard InChI is InChI=1S/C15H11N3O3/c1-2-21-15(20)10-7-17-12-9-4-3-8(6-16)5-11(9)18-13(12)14(10)19/h3-5,7,18H,2H2,1H3,(H,17,19). The van der Waals surface area contributed by atoms with Crippen LogP contribution in [-0.2, 0) is 4.74 Å². The van der Waals surface area contributed by atoms with Gasteiger partial charge in [0.2, 0.25) is 5.43 Å².